The molecule has 0 aromatic carbocycles. The molecule has 1 aliphatic rings. The molecule has 2 nitrogen and oxygen atoms in total. The van der Waals surface area contributed by atoms with E-state index in [4.69, 9.17) is 8.85 Å². The first-order valence-corrected chi connectivity index (χ1v) is 10.9. The van der Waals surface area contributed by atoms with Crippen molar-refractivity contribution in [1.29, 1.82) is 0 Å². The molecular weight excluding hydrogens is 276 g/mol. The average molecular weight is 315 g/mol. The fourth-order valence-corrected chi connectivity index (χ4v) is 9.44. The summed E-state index contributed by atoms with van der Waals surface area (Å²) >= 11 is 0. The van der Waals surface area contributed by atoms with E-state index >= 15 is 0 Å². The van der Waals surface area contributed by atoms with Gasteiger partial charge in [0.1, 0.15) is 0 Å². The maximum Gasteiger partial charge on any atom is 0.347 e. The summed E-state index contributed by atoms with van der Waals surface area (Å²) in [5.74, 6) is 1.39. The first-order chi connectivity index (χ1) is 9.87. The Hall–Kier alpha value is 0.137. The van der Waals surface area contributed by atoms with Crippen LogP contribution in [0, 0.1) is 11.8 Å². The van der Waals surface area contributed by atoms with Crippen LogP contribution in [0.1, 0.15) is 79.6 Å². The summed E-state index contributed by atoms with van der Waals surface area (Å²) in [6, 6.07) is 0. The highest BCUT2D eigenvalue weighted by Crippen LogP contribution is 2.56. The van der Waals surface area contributed by atoms with Crippen molar-refractivity contribution in [2.45, 2.75) is 90.1 Å². The van der Waals surface area contributed by atoms with Crippen LogP contribution in [0.5, 0.6) is 0 Å². The minimum absolute atomic E-state index is 0.142. The number of hydrogen-bond acceptors (Lipinski definition) is 2. The van der Waals surface area contributed by atoms with E-state index in [1.165, 1.54) is 44.9 Å². The van der Waals surface area contributed by atoms with Gasteiger partial charge in [-0.3, -0.25) is 0 Å². The molecule has 2 atom stereocenters. The van der Waals surface area contributed by atoms with Crippen molar-refractivity contribution < 1.29 is 8.85 Å². The Morgan fingerprint density at radius 2 is 1.67 bits per heavy atom. The lowest BCUT2D eigenvalue weighted by Crippen LogP contribution is -2.58. The van der Waals surface area contributed by atoms with Gasteiger partial charge in [-0.25, -0.2) is 0 Å². The van der Waals surface area contributed by atoms with Crippen molar-refractivity contribution >= 4 is 8.56 Å². The summed E-state index contributed by atoms with van der Waals surface area (Å²) in [4.78, 5) is 0. The lowest BCUT2D eigenvalue weighted by molar-refractivity contribution is 0.150. The van der Waals surface area contributed by atoms with E-state index in [1.54, 1.807) is 0 Å². The molecule has 0 N–H and O–H groups in total. The lowest BCUT2D eigenvalue weighted by atomic mass is 9.85. The fraction of sp³-hybridized carbons (Fsp3) is 1.00. The first-order valence-electron chi connectivity index (χ1n) is 8.97. The van der Waals surface area contributed by atoms with Crippen molar-refractivity contribution in [1.82, 2.24) is 0 Å². The third-order valence-corrected chi connectivity index (χ3v) is 11.6. The van der Waals surface area contributed by atoms with Crippen LogP contribution in [0.2, 0.25) is 10.6 Å². The lowest BCUT2D eigenvalue weighted by Gasteiger charge is -2.51. The van der Waals surface area contributed by atoms with Crippen molar-refractivity contribution in [2.75, 3.05) is 14.2 Å². The molecule has 2 unspecified atom stereocenters. The zero-order valence-corrected chi connectivity index (χ0v) is 16.5. The molecule has 0 aromatic rings. The second-order valence-electron chi connectivity index (χ2n) is 7.75. The molecule has 0 spiro atoms. The van der Waals surface area contributed by atoms with Crippen LogP contribution in [-0.4, -0.2) is 22.8 Å². The third kappa shape index (κ3) is 3.73. The molecule has 0 bridgehead atoms. The van der Waals surface area contributed by atoms with Gasteiger partial charge in [-0.05, 0) is 18.3 Å². The third-order valence-electron chi connectivity index (χ3n) is 6.27. The summed E-state index contributed by atoms with van der Waals surface area (Å²) in [5.41, 5.74) is 0.658. The van der Waals surface area contributed by atoms with Gasteiger partial charge < -0.3 is 8.85 Å². The molecule has 0 amide bonds. The molecule has 0 heterocycles. The van der Waals surface area contributed by atoms with Crippen LogP contribution in [0.4, 0.5) is 0 Å². The first kappa shape index (κ1) is 19.2. The molecule has 0 radical (unpaired) electrons. The molecule has 0 aromatic heterocycles. The van der Waals surface area contributed by atoms with E-state index in [1.807, 2.05) is 14.2 Å². The van der Waals surface area contributed by atoms with Gasteiger partial charge in [0.15, 0.2) is 0 Å². The Bertz CT molecular complexity index is 298. The van der Waals surface area contributed by atoms with E-state index in [9.17, 15) is 0 Å². The second kappa shape index (κ2) is 8.12. The smallest absolute Gasteiger partial charge is 0.347 e. The molecule has 126 valence electrons. The molecule has 1 aliphatic carbocycles. The maximum atomic E-state index is 6.28. The monoisotopic (exact) mass is 314 g/mol. The van der Waals surface area contributed by atoms with Crippen molar-refractivity contribution in [2.24, 2.45) is 11.8 Å². The Morgan fingerprint density at radius 1 is 1.10 bits per heavy atom. The van der Waals surface area contributed by atoms with Crippen LogP contribution < -0.4 is 0 Å². The number of hydrogen-bond donors (Lipinski definition) is 0. The van der Waals surface area contributed by atoms with E-state index < -0.39 is 8.56 Å². The molecule has 0 saturated heterocycles. The predicted molar refractivity (Wildman–Crippen MR) is 93.9 cm³/mol. The fourth-order valence-electron chi connectivity index (χ4n) is 4.31. The van der Waals surface area contributed by atoms with Crippen LogP contribution in [-0.2, 0) is 8.85 Å². The van der Waals surface area contributed by atoms with Gasteiger partial charge in [0.25, 0.3) is 0 Å². The van der Waals surface area contributed by atoms with Gasteiger partial charge in [-0.2, -0.15) is 0 Å². The topological polar surface area (TPSA) is 18.5 Å². The minimum Gasteiger partial charge on any atom is -0.397 e. The van der Waals surface area contributed by atoms with Crippen molar-refractivity contribution in [3.05, 3.63) is 0 Å². The molecule has 1 rings (SSSR count). The molecular formula is C18H38O2Si. The highest BCUT2D eigenvalue weighted by atomic mass is 28.4. The average Bonchev–Trinajstić information content (AvgIpc) is 2.47. The molecule has 21 heavy (non-hydrogen) atoms. The highest BCUT2D eigenvalue weighted by Gasteiger charge is 2.59. The standard InChI is InChI=1S/C18H38O2Si/c1-8-9-12-16-13-10-11-14-17(16)21(19-6,20-7)18(4,5)15(2)3/h15-17H,8-14H2,1-7H3. The number of rotatable bonds is 8. The SMILES string of the molecule is CCCCC1CCCCC1[Si](OC)(OC)C(C)(C)C(C)C. The molecule has 1 saturated carbocycles. The Kier molecular flexibility index (Phi) is 7.42. The van der Waals surface area contributed by atoms with Gasteiger partial charge in [-0.1, -0.05) is 73.1 Å². The highest BCUT2D eigenvalue weighted by molar-refractivity contribution is 6.72. The van der Waals surface area contributed by atoms with E-state index in [2.05, 4.69) is 34.6 Å². The Labute approximate surface area is 134 Å². The molecule has 1 fully saturated rings. The van der Waals surface area contributed by atoms with Crippen LogP contribution in [0.15, 0.2) is 0 Å². The van der Waals surface area contributed by atoms with Gasteiger partial charge in [0.2, 0.25) is 0 Å². The Balaban J connectivity index is 3.11. The van der Waals surface area contributed by atoms with Gasteiger partial charge in [0.05, 0.1) is 0 Å². The van der Waals surface area contributed by atoms with Crippen LogP contribution >= 0.6 is 0 Å². The largest absolute Gasteiger partial charge is 0.397 e. The van der Waals surface area contributed by atoms with E-state index in [0.29, 0.717) is 11.5 Å². The summed E-state index contributed by atoms with van der Waals surface area (Å²) in [6.07, 6.45) is 9.43. The van der Waals surface area contributed by atoms with Gasteiger partial charge in [0, 0.05) is 24.8 Å². The quantitative estimate of drug-likeness (QED) is 0.519. The normalized spacial score (nSPS) is 24.6. The second-order valence-corrected chi connectivity index (χ2v) is 11.9. The van der Waals surface area contributed by atoms with Crippen LogP contribution in [0.3, 0.4) is 0 Å². The summed E-state index contributed by atoms with van der Waals surface area (Å²) in [5, 5.41) is 0.142. The van der Waals surface area contributed by atoms with Crippen LogP contribution in [0.25, 0.3) is 0 Å². The van der Waals surface area contributed by atoms with Crippen molar-refractivity contribution in [3.63, 3.8) is 0 Å². The van der Waals surface area contributed by atoms with Crippen molar-refractivity contribution in [3.8, 4) is 0 Å². The zero-order valence-electron chi connectivity index (χ0n) is 15.5. The minimum atomic E-state index is -2.25. The summed E-state index contributed by atoms with van der Waals surface area (Å²) < 4.78 is 12.6. The predicted octanol–water partition coefficient (Wildman–Crippen LogP) is 5.91. The molecule has 3 heteroatoms. The molecule has 0 aliphatic heterocycles. The van der Waals surface area contributed by atoms with E-state index in [-0.39, 0.29) is 5.04 Å². The van der Waals surface area contributed by atoms with E-state index in [0.717, 1.165) is 5.92 Å². The maximum absolute atomic E-state index is 6.28. The summed E-state index contributed by atoms with van der Waals surface area (Å²) in [6.45, 7) is 11.7. The summed E-state index contributed by atoms with van der Waals surface area (Å²) in [7, 11) is 1.57. The number of unbranched alkanes of at least 4 members (excludes halogenated alkanes) is 1. The Morgan fingerprint density at radius 3 is 2.14 bits per heavy atom. The zero-order chi connectivity index (χ0) is 16.1. The van der Waals surface area contributed by atoms with Gasteiger partial charge >= 0.3 is 8.56 Å². The van der Waals surface area contributed by atoms with Gasteiger partial charge in [-0.15, -0.1) is 0 Å².